The maximum absolute atomic E-state index is 13.4. The third-order valence-electron chi connectivity index (χ3n) is 5.92. The van der Waals surface area contributed by atoms with E-state index in [0.717, 1.165) is 0 Å². The number of imidazole rings is 1. The molecule has 1 fully saturated rings. The molecule has 1 saturated heterocycles. The number of carbonyl (C=O) groups is 2. The summed E-state index contributed by atoms with van der Waals surface area (Å²) in [7, 11) is 0. The van der Waals surface area contributed by atoms with E-state index < -0.39 is 17.7 Å². The molecule has 1 aliphatic heterocycles. The van der Waals surface area contributed by atoms with Crippen LogP contribution in [0.15, 0.2) is 89.7 Å². The van der Waals surface area contributed by atoms with E-state index in [1.807, 2.05) is 6.07 Å². The van der Waals surface area contributed by atoms with E-state index in [1.165, 1.54) is 11.2 Å². The summed E-state index contributed by atoms with van der Waals surface area (Å²) in [4.78, 5) is 32.5. The number of rotatable bonds is 7. The number of aliphatic hydroxyl groups is 1. The number of hydrogen-bond donors (Lipinski definition) is 1. The van der Waals surface area contributed by atoms with Gasteiger partial charge in [0.1, 0.15) is 29.5 Å². The summed E-state index contributed by atoms with van der Waals surface area (Å²) in [6.45, 7) is 5.78. The van der Waals surface area contributed by atoms with E-state index >= 15 is 0 Å². The zero-order valence-electron chi connectivity index (χ0n) is 19.0. The van der Waals surface area contributed by atoms with Gasteiger partial charge in [0.05, 0.1) is 30.1 Å². The number of hydrogen-bond acceptors (Lipinski definition) is 6. The molecule has 5 rings (SSSR count). The van der Waals surface area contributed by atoms with Crippen LogP contribution >= 0.6 is 0 Å². The first kappa shape index (κ1) is 22.2. The number of Topliss-reactive ketones (excluding diaryl/α,β-unsaturated/α-hetero) is 1. The molecule has 0 saturated carbocycles. The van der Waals surface area contributed by atoms with Gasteiger partial charge in [-0.1, -0.05) is 30.9 Å². The van der Waals surface area contributed by atoms with Gasteiger partial charge in [-0.2, -0.15) is 0 Å². The predicted molar refractivity (Wildman–Crippen MR) is 129 cm³/mol. The van der Waals surface area contributed by atoms with E-state index in [-0.39, 0.29) is 17.9 Å². The number of fused-ring (bicyclic) bond motifs is 1. The molecule has 0 aliphatic carbocycles. The van der Waals surface area contributed by atoms with Crippen LogP contribution < -0.4 is 4.74 Å². The molecule has 8 heteroatoms. The number of pyridine rings is 1. The van der Waals surface area contributed by atoms with Gasteiger partial charge >= 0.3 is 0 Å². The Morgan fingerprint density at radius 2 is 2.06 bits per heavy atom. The van der Waals surface area contributed by atoms with Gasteiger partial charge in [-0.25, -0.2) is 4.98 Å². The fourth-order valence-electron chi connectivity index (χ4n) is 4.42. The minimum atomic E-state index is -0.860. The van der Waals surface area contributed by atoms with Crippen molar-refractivity contribution in [3.63, 3.8) is 0 Å². The third kappa shape index (κ3) is 3.89. The minimum absolute atomic E-state index is 0.0174. The molecule has 1 atom stereocenters. The molecule has 0 bridgehead atoms. The number of nitrogens with zero attached hydrogens (tertiary/aromatic N) is 3. The number of furan rings is 1. The first-order chi connectivity index (χ1) is 17.0. The van der Waals surface area contributed by atoms with Crippen molar-refractivity contribution in [2.75, 3.05) is 6.61 Å². The van der Waals surface area contributed by atoms with Crippen LogP contribution in [-0.2, 0) is 16.1 Å². The van der Waals surface area contributed by atoms with E-state index in [4.69, 9.17) is 9.15 Å². The standard InChI is InChI=1S/C27H23N3O5/c1-3-13-34-19-9-6-8-18(15-19)24-22(26(32)27(33)30(24)16-20-10-7-14-35-20)25(31)23-17(2)28-21-11-4-5-12-29(21)23/h3-12,14-15,24,31H,1,13,16H2,2H3. The summed E-state index contributed by atoms with van der Waals surface area (Å²) in [5.74, 6) is -0.721. The second-order valence-electron chi connectivity index (χ2n) is 8.15. The van der Waals surface area contributed by atoms with Crippen molar-refractivity contribution in [3.8, 4) is 5.75 Å². The number of aliphatic hydroxyl groups excluding tert-OH is 1. The summed E-state index contributed by atoms with van der Waals surface area (Å²) in [6.07, 6.45) is 4.89. The average Bonchev–Trinajstić information content (AvgIpc) is 3.55. The van der Waals surface area contributed by atoms with E-state index in [0.29, 0.717) is 40.7 Å². The number of benzene rings is 1. The SMILES string of the molecule is C=CCOc1cccc(C2C(=C(O)c3c(C)nc4ccccn34)C(=O)C(=O)N2Cc2ccco2)c1. The molecule has 4 aromatic rings. The topological polar surface area (TPSA) is 97.3 Å². The first-order valence-corrected chi connectivity index (χ1v) is 11.1. The van der Waals surface area contributed by atoms with Crippen molar-refractivity contribution in [1.29, 1.82) is 0 Å². The third-order valence-corrected chi connectivity index (χ3v) is 5.92. The summed E-state index contributed by atoms with van der Waals surface area (Å²) in [6, 6.07) is 15.1. The molecule has 35 heavy (non-hydrogen) atoms. The van der Waals surface area contributed by atoms with Gasteiger partial charge in [0, 0.05) is 6.20 Å². The molecule has 1 unspecified atom stereocenters. The lowest BCUT2D eigenvalue weighted by molar-refractivity contribution is -0.140. The van der Waals surface area contributed by atoms with Crippen molar-refractivity contribution >= 4 is 23.1 Å². The van der Waals surface area contributed by atoms with Gasteiger partial charge in [-0.15, -0.1) is 0 Å². The lowest BCUT2D eigenvalue weighted by Crippen LogP contribution is -2.29. The molecule has 1 aliphatic rings. The molecule has 3 aromatic heterocycles. The summed E-state index contributed by atoms with van der Waals surface area (Å²) >= 11 is 0. The molecule has 1 aromatic carbocycles. The Morgan fingerprint density at radius 1 is 1.20 bits per heavy atom. The number of aryl methyl sites for hydroxylation is 1. The van der Waals surface area contributed by atoms with Crippen molar-refractivity contribution < 1.29 is 23.8 Å². The van der Waals surface area contributed by atoms with Crippen molar-refractivity contribution in [2.24, 2.45) is 0 Å². The number of aromatic nitrogens is 2. The Labute approximate surface area is 201 Å². The number of ether oxygens (including phenoxy) is 1. The van der Waals surface area contributed by atoms with Crippen LogP contribution in [0.2, 0.25) is 0 Å². The number of likely N-dealkylation sites (tertiary alicyclic amines) is 1. The molecule has 0 radical (unpaired) electrons. The van der Waals surface area contributed by atoms with E-state index in [2.05, 4.69) is 11.6 Å². The van der Waals surface area contributed by atoms with Gasteiger partial charge in [0.2, 0.25) is 0 Å². The Bertz CT molecular complexity index is 1470. The second kappa shape index (κ2) is 8.98. The molecule has 176 valence electrons. The van der Waals surface area contributed by atoms with Crippen LogP contribution in [0.3, 0.4) is 0 Å². The second-order valence-corrected chi connectivity index (χ2v) is 8.15. The highest BCUT2D eigenvalue weighted by atomic mass is 16.5. The minimum Gasteiger partial charge on any atom is -0.505 e. The molecular formula is C27H23N3O5. The highest BCUT2D eigenvalue weighted by molar-refractivity contribution is 6.46. The largest absolute Gasteiger partial charge is 0.505 e. The molecule has 1 amide bonds. The van der Waals surface area contributed by atoms with Gasteiger partial charge < -0.3 is 19.2 Å². The predicted octanol–water partition coefficient (Wildman–Crippen LogP) is 4.42. The Kier molecular flexibility index (Phi) is 5.70. The fourth-order valence-corrected chi connectivity index (χ4v) is 4.42. The quantitative estimate of drug-likeness (QED) is 0.186. The Morgan fingerprint density at radius 3 is 2.83 bits per heavy atom. The van der Waals surface area contributed by atoms with Crippen molar-refractivity contribution in [1.82, 2.24) is 14.3 Å². The van der Waals surface area contributed by atoms with Gasteiger partial charge in [-0.05, 0) is 48.9 Å². The van der Waals surface area contributed by atoms with Gasteiger partial charge in [-0.3, -0.25) is 14.0 Å². The molecule has 4 heterocycles. The lowest BCUT2D eigenvalue weighted by atomic mass is 9.96. The van der Waals surface area contributed by atoms with Crippen molar-refractivity contribution in [3.05, 3.63) is 108 Å². The average molecular weight is 469 g/mol. The van der Waals surface area contributed by atoms with E-state index in [9.17, 15) is 14.7 Å². The number of amides is 1. The van der Waals surface area contributed by atoms with Crippen molar-refractivity contribution in [2.45, 2.75) is 19.5 Å². The number of carbonyl (C=O) groups excluding carboxylic acids is 2. The smallest absolute Gasteiger partial charge is 0.296 e. The van der Waals surface area contributed by atoms with E-state index in [1.54, 1.807) is 72.1 Å². The molecule has 0 spiro atoms. The van der Waals surface area contributed by atoms with Crippen LogP contribution in [0.1, 0.15) is 28.8 Å². The highest BCUT2D eigenvalue weighted by Crippen LogP contribution is 2.41. The maximum atomic E-state index is 13.4. The van der Waals surface area contributed by atoms with Crippen LogP contribution in [-0.4, -0.2) is 37.7 Å². The van der Waals surface area contributed by atoms with Gasteiger partial charge in [0.25, 0.3) is 11.7 Å². The molecule has 8 nitrogen and oxygen atoms in total. The monoisotopic (exact) mass is 469 g/mol. The highest BCUT2D eigenvalue weighted by Gasteiger charge is 2.47. The van der Waals surface area contributed by atoms with Crippen LogP contribution in [0.5, 0.6) is 5.75 Å². The first-order valence-electron chi connectivity index (χ1n) is 11.1. The molecule has 1 N–H and O–H groups in total. The van der Waals surface area contributed by atoms with Crippen LogP contribution in [0.25, 0.3) is 11.4 Å². The zero-order valence-corrected chi connectivity index (χ0v) is 19.0. The zero-order chi connectivity index (χ0) is 24.5. The molecular weight excluding hydrogens is 446 g/mol. The summed E-state index contributed by atoms with van der Waals surface area (Å²) in [5, 5.41) is 11.5. The van der Waals surface area contributed by atoms with Crippen LogP contribution in [0, 0.1) is 6.92 Å². The normalized spacial score (nSPS) is 17.3. The Hall–Kier alpha value is -4.59. The van der Waals surface area contributed by atoms with Gasteiger partial charge in [0.15, 0.2) is 5.76 Å². The maximum Gasteiger partial charge on any atom is 0.296 e. The Balaban J connectivity index is 1.70. The summed E-state index contributed by atoms with van der Waals surface area (Å²) in [5.41, 5.74) is 2.11. The lowest BCUT2D eigenvalue weighted by Gasteiger charge is -2.25. The number of ketones is 1. The fraction of sp³-hybridized carbons (Fsp3) is 0.148. The summed E-state index contributed by atoms with van der Waals surface area (Å²) < 4.78 is 12.8. The van der Waals surface area contributed by atoms with Crippen LogP contribution in [0.4, 0.5) is 0 Å².